The van der Waals surface area contributed by atoms with Gasteiger partial charge < -0.3 is 5.11 Å². The molecule has 0 fully saturated rings. The average Bonchev–Trinajstić information content (AvgIpc) is 2.45. The number of benzene rings is 1. The standard InChI is InChI=1S/C18H21Cl2NO3/c1-10(2)16(18(23)24)21(11(3)4)17(22)12(5)8-13-6-7-14(19)9-15(13)20/h6-10,16H,3H2,1-2,4-5H3,(H,23,24)/b12-8+. The first-order valence-corrected chi connectivity index (χ1v) is 8.17. The molecule has 1 aromatic carbocycles. The Morgan fingerprint density at radius 3 is 2.25 bits per heavy atom. The molecule has 0 saturated heterocycles. The van der Waals surface area contributed by atoms with Crippen LogP contribution in [0.15, 0.2) is 36.0 Å². The summed E-state index contributed by atoms with van der Waals surface area (Å²) < 4.78 is 0. The Morgan fingerprint density at radius 2 is 1.83 bits per heavy atom. The second kappa shape index (κ2) is 8.36. The summed E-state index contributed by atoms with van der Waals surface area (Å²) in [5.74, 6) is -1.76. The number of nitrogens with zero attached hydrogens (tertiary/aromatic N) is 1. The summed E-state index contributed by atoms with van der Waals surface area (Å²) in [4.78, 5) is 25.6. The second-order valence-corrected chi connectivity index (χ2v) is 6.77. The molecular weight excluding hydrogens is 349 g/mol. The van der Waals surface area contributed by atoms with Crippen molar-refractivity contribution in [2.24, 2.45) is 5.92 Å². The molecule has 0 saturated carbocycles. The van der Waals surface area contributed by atoms with Crippen LogP contribution in [-0.4, -0.2) is 27.9 Å². The lowest BCUT2D eigenvalue weighted by Gasteiger charge is -2.32. The highest BCUT2D eigenvalue weighted by atomic mass is 35.5. The number of carbonyl (C=O) groups excluding carboxylic acids is 1. The van der Waals surface area contributed by atoms with Gasteiger partial charge in [-0.25, -0.2) is 4.79 Å². The van der Waals surface area contributed by atoms with Gasteiger partial charge in [-0.05, 0) is 43.5 Å². The maximum Gasteiger partial charge on any atom is 0.327 e. The Morgan fingerprint density at radius 1 is 1.25 bits per heavy atom. The van der Waals surface area contributed by atoms with Crippen LogP contribution in [0.25, 0.3) is 6.08 Å². The second-order valence-electron chi connectivity index (χ2n) is 5.93. The fourth-order valence-corrected chi connectivity index (χ4v) is 2.80. The van der Waals surface area contributed by atoms with Gasteiger partial charge in [-0.2, -0.15) is 0 Å². The molecule has 1 rings (SSSR count). The van der Waals surface area contributed by atoms with Crippen molar-refractivity contribution >= 4 is 41.2 Å². The Bertz CT molecular complexity index is 696. The number of aliphatic carboxylic acids is 1. The highest BCUT2D eigenvalue weighted by Gasteiger charge is 2.33. The van der Waals surface area contributed by atoms with Crippen LogP contribution >= 0.6 is 23.2 Å². The number of carboxylic acids is 1. The van der Waals surface area contributed by atoms with E-state index in [0.717, 1.165) is 0 Å². The van der Waals surface area contributed by atoms with Gasteiger partial charge >= 0.3 is 5.97 Å². The molecule has 0 aromatic heterocycles. The summed E-state index contributed by atoms with van der Waals surface area (Å²) in [6.45, 7) is 10.5. The first kappa shape index (κ1) is 20.3. The number of rotatable bonds is 6. The number of carboxylic acid groups (broad SMARTS) is 1. The number of halogens is 2. The first-order valence-electron chi connectivity index (χ1n) is 7.41. The van der Waals surface area contributed by atoms with Crippen molar-refractivity contribution in [3.8, 4) is 0 Å². The van der Waals surface area contributed by atoms with Crippen molar-refractivity contribution < 1.29 is 14.7 Å². The van der Waals surface area contributed by atoms with Crippen LogP contribution in [0.2, 0.25) is 10.0 Å². The van der Waals surface area contributed by atoms with Gasteiger partial charge in [0.25, 0.3) is 5.91 Å². The molecule has 4 nitrogen and oxygen atoms in total. The van der Waals surface area contributed by atoms with Crippen LogP contribution in [0.4, 0.5) is 0 Å². The van der Waals surface area contributed by atoms with Gasteiger partial charge in [-0.3, -0.25) is 9.69 Å². The zero-order chi connectivity index (χ0) is 18.6. The normalized spacial score (nSPS) is 12.9. The van der Waals surface area contributed by atoms with E-state index in [1.165, 1.54) is 4.90 Å². The number of carbonyl (C=O) groups is 2. The molecular formula is C18H21Cl2NO3. The third kappa shape index (κ3) is 4.86. The molecule has 6 heteroatoms. The largest absolute Gasteiger partial charge is 0.480 e. The quantitative estimate of drug-likeness (QED) is 0.727. The van der Waals surface area contributed by atoms with Crippen molar-refractivity contribution in [2.75, 3.05) is 0 Å². The minimum Gasteiger partial charge on any atom is -0.480 e. The Labute approximate surface area is 152 Å². The van der Waals surface area contributed by atoms with Crippen LogP contribution in [0.5, 0.6) is 0 Å². The maximum atomic E-state index is 12.8. The maximum absolute atomic E-state index is 12.8. The molecule has 0 radical (unpaired) electrons. The molecule has 1 unspecified atom stereocenters. The third-order valence-corrected chi connectivity index (χ3v) is 4.03. The molecule has 0 heterocycles. The van der Waals surface area contributed by atoms with Crippen LogP contribution in [0, 0.1) is 5.92 Å². The number of amides is 1. The van der Waals surface area contributed by atoms with Gasteiger partial charge in [0.05, 0.1) is 0 Å². The summed E-state index contributed by atoms with van der Waals surface area (Å²) in [5, 5.41) is 10.4. The van der Waals surface area contributed by atoms with Gasteiger partial charge in [-0.15, -0.1) is 0 Å². The van der Waals surface area contributed by atoms with E-state index in [-0.39, 0.29) is 5.92 Å². The Kier molecular flexibility index (Phi) is 7.06. The van der Waals surface area contributed by atoms with Gasteiger partial charge in [-0.1, -0.05) is 49.7 Å². The van der Waals surface area contributed by atoms with Gasteiger partial charge in [0.15, 0.2) is 0 Å². The van der Waals surface area contributed by atoms with E-state index < -0.39 is 17.9 Å². The lowest BCUT2D eigenvalue weighted by molar-refractivity contribution is -0.149. The zero-order valence-electron chi connectivity index (χ0n) is 14.1. The monoisotopic (exact) mass is 369 g/mol. The molecule has 0 bridgehead atoms. The van der Waals surface area contributed by atoms with Crippen LogP contribution < -0.4 is 0 Å². The van der Waals surface area contributed by atoms with E-state index in [1.807, 2.05) is 0 Å². The number of allylic oxidation sites excluding steroid dienone is 1. The average molecular weight is 370 g/mol. The van der Waals surface area contributed by atoms with Crippen molar-refractivity contribution in [3.63, 3.8) is 0 Å². The molecule has 130 valence electrons. The third-order valence-electron chi connectivity index (χ3n) is 3.46. The summed E-state index contributed by atoms with van der Waals surface area (Å²) in [5.41, 5.74) is 1.36. The molecule has 0 aliphatic carbocycles. The SMILES string of the molecule is C=C(C)N(C(=O)/C(C)=C/c1ccc(Cl)cc1Cl)C(C(=O)O)C(C)C. The van der Waals surface area contributed by atoms with Gasteiger partial charge in [0.1, 0.15) is 6.04 Å². The fraction of sp³-hybridized carbons (Fsp3) is 0.333. The summed E-state index contributed by atoms with van der Waals surface area (Å²) >= 11 is 12.0. The van der Waals surface area contributed by atoms with Gasteiger partial charge in [0, 0.05) is 21.3 Å². The van der Waals surface area contributed by atoms with Crippen molar-refractivity contribution in [1.82, 2.24) is 4.90 Å². The predicted octanol–water partition coefficient (Wildman–Crippen LogP) is 4.87. The molecule has 1 aromatic rings. The predicted molar refractivity (Wildman–Crippen MR) is 98.0 cm³/mol. The zero-order valence-corrected chi connectivity index (χ0v) is 15.6. The molecule has 0 spiro atoms. The Balaban J connectivity index is 3.25. The van der Waals surface area contributed by atoms with Crippen LogP contribution in [0.3, 0.4) is 0 Å². The topological polar surface area (TPSA) is 57.6 Å². The van der Waals surface area contributed by atoms with Crippen molar-refractivity contribution in [3.05, 3.63) is 51.7 Å². The van der Waals surface area contributed by atoms with E-state index in [9.17, 15) is 14.7 Å². The number of hydrogen-bond donors (Lipinski definition) is 1. The van der Waals surface area contributed by atoms with E-state index in [4.69, 9.17) is 23.2 Å². The fourth-order valence-electron chi connectivity index (χ4n) is 2.33. The molecule has 0 aliphatic rings. The van der Waals surface area contributed by atoms with Gasteiger partial charge in [0.2, 0.25) is 0 Å². The van der Waals surface area contributed by atoms with Crippen LogP contribution in [-0.2, 0) is 9.59 Å². The lowest BCUT2D eigenvalue weighted by Crippen LogP contribution is -2.47. The minimum atomic E-state index is -1.07. The highest BCUT2D eigenvalue weighted by molar-refractivity contribution is 6.35. The van der Waals surface area contributed by atoms with Crippen molar-refractivity contribution in [2.45, 2.75) is 33.7 Å². The van der Waals surface area contributed by atoms with E-state index in [1.54, 1.807) is 52.0 Å². The van der Waals surface area contributed by atoms with E-state index in [0.29, 0.717) is 26.9 Å². The minimum absolute atomic E-state index is 0.268. The van der Waals surface area contributed by atoms with E-state index >= 15 is 0 Å². The van der Waals surface area contributed by atoms with E-state index in [2.05, 4.69) is 6.58 Å². The highest BCUT2D eigenvalue weighted by Crippen LogP contribution is 2.25. The summed E-state index contributed by atoms with van der Waals surface area (Å²) in [6.07, 6.45) is 1.61. The molecule has 1 atom stereocenters. The lowest BCUT2D eigenvalue weighted by atomic mass is 10.0. The number of hydrogen-bond acceptors (Lipinski definition) is 2. The molecule has 0 aliphatic heterocycles. The van der Waals surface area contributed by atoms with Crippen molar-refractivity contribution in [1.29, 1.82) is 0 Å². The Hall–Kier alpha value is -1.78. The van der Waals surface area contributed by atoms with Crippen LogP contribution in [0.1, 0.15) is 33.3 Å². The molecule has 1 N–H and O–H groups in total. The summed E-state index contributed by atoms with van der Waals surface area (Å²) in [6, 6.07) is 3.96. The molecule has 1 amide bonds. The smallest absolute Gasteiger partial charge is 0.327 e. The first-order chi connectivity index (χ1) is 11.1. The molecule has 24 heavy (non-hydrogen) atoms. The summed E-state index contributed by atoms with van der Waals surface area (Å²) in [7, 11) is 0.